The number of carboxylic acid groups (broad SMARTS) is 1. The van der Waals surface area contributed by atoms with E-state index in [1.54, 1.807) is 0 Å². The predicted molar refractivity (Wildman–Crippen MR) is 53.2 cm³/mol. The highest BCUT2D eigenvalue weighted by Gasteiger charge is 2.43. The van der Waals surface area contributed by atoms with Crippen LogP contribution in [0.5, 0.6) is 0 Å². The second kappa shape index (κ2) is 3.73. The van der Waals surface area contributed by atoms with Gasteiger partial charge >= 0.3 is 5.97 Å². The number of benzene rings is 1. The van der Waals surface area contributed by atoms with Crippen molar-refractivity contribution in [3.63, 3.8) is 0 Å². The van der Waals surface area contributed by atoms with Crippen LogP contribution in [0.4, 0.5) is 0 Å². The lowest BCUT2D eigenvalue weighted by molar-refractivity contribution is -0.153. The van der Waals surface area contributed by atoms with E-state index in [1.807, 2.05) is 30.3 Å². The third kappa shape index (κ3) is 1.83. The van der Waals surface area contributed by atoms with Gasteiger partial charge in [-0.3, -0.25) is 4.79 Å². The van der Waals surface area contributed by atoms with E-state index in [2.05, 4.69) is 5.32 Å². The van der Waals surface area contributed by atoms with Gasteiger partial charge in [-0.25, -0.2) is 4.79 Å². The fraction of sp³-hybridized carbons (Fsp3) is 0.273. The molecule has 0 spiro atoms. The molecular weight excluding hydrogens is 194 g/mol. The van der Waals surface area contributed by atoms with E-state index >= 15 is 0 Å². The van der Waals surface area contributed by atoms with E-state index in [0.29, 0.717) is 6.42 Å². The molecule has 4 heteroatoms. The van der Waals surface area contributed by atoms with E-state index in [4.69, 9.17) is 5.11 Å². The van der Waals surface area contributed by atoms with Gasteiger partial charge in [-0.05, 0) is 12.0 Å². The maximum absolute atomic E-state index is 11.2. The molecule has 0 radical (unpaired) electrons. The minimum atomic E-state index is -0.962. The Morgan fingerprint density at radius 1 is 1.33 bits per heavy atom. The summed E-state index contributed by atoms with van der Waals surface area (Å²) in [6, 6.07) is 8.70. The normalized spacial score (nSPS) is 24.1. The van der Waals surface area contributed by atoms with Gasteiger partial charge in [0.1, 0.15) is 6.04 Å². The zero-order valence-corrected chi connectivity index (χ0v) is 8.01. The summed E-state index contributed by atoms with van der Waals surface area (Å²) >= 11 is 0. The zero-order chi connectivity index (χ0) is 10.8. The highest BCUT2D eigenvalue weighted by atomic mass is 16.4. The molecule has 78 valence electrons. The highest BCUT2D eigenvalue weighted by Crippen LogP contribution is 2.20. The summed E-state index contributed by atoms with van der Waals surface area (Å²) in [5, 5.41) is 11.2. The first-order chi connectivity index (χ1) is 7.18. The summed E-state index contributed by atoms with van der Waals surface area (Å²) in [6.07, 6.45) is 0.490. The number of nitrogens with one attached hydrogen (secondary N) is 1. The van der Waals surface area contributed by atoms with Crippen molar-refractivity contribution >= 4 is 11.9 Å². The van der Waals surface area contributed by atoms with Crippen LogP contribution in [0.2, 0.25) is 0 Å². The topological polar surface area (TPSA) is 66.4 Å². The number of hydrogen-bond donors (Lipinski definition) is 2. The number of amides is 1. The number of aliphatic carboxylic acids is 1. The average Bonchev–Trinajstić information content (AvgIpc) is 2.23. The fourth-order valence-corrected chi connectivity index (χ4v) is 1.73. The zero-order valence-electron chi connectivity index (χ0n) is 8.01. The van der Waals surface area contributed by atoms with Crippen molar-refractivity contribution in [2.24, 2.45) is 5.92 Å². The molecule has 0 bridgehead atoms. The first-order valence-corrected chi connectivity index (χ1v) is 4.75. The molecule has 1 aromatic rings. The van der Waals surface area contributed by atoms with E-state index in [0.717, 1.165) is 5.56 Å². The first-order valence-electron chi connectivity index (χ1n) is 4.75. The van der Waals surface area contributed by atoms with Gasteiger partial charge in [0.15, 0.2) is 0 Å². The molecule has 0 aromatic heterocycles. The Bertz CT molecular complexity index is 388. The Hall–Kier alpha value is -1.84. The van der Waals surface area contributed by atoms with Crippen LogP contribution in [0.3, 0.4) is 0 Å². The van der Waals surface area contributed by atoms with Gasteiger partial charge in [0.05, 0.1) is 5.92 Å². The molecule has 2 rings (SSSR count). The number of carbonyl (C=O) groups excluding carboxylic acids is 1. The van der Waals surface area contributed by atoms with Gasteiger partial charge in [-0.1, -0.05) is 30.3 Å². The minimum Gasteiger partial charge on any atom is -0.480 e. The first kappa shape index (κ1) is 9.71. The van der Waals surface area contributed by atoms with E-state index in [9.17, 15) is 9.59 Å². The molecule has 15 heavy (non-hydrogen) atoms. The molecule has 4 nitrogen and oxygen atoms in total. The highest BCUT2D eigenvalue weighted by molar-refractivity contribution is 5.96. The monoisotopic (exact) mass is 205 g/mol. The summed E-state index contributed by atoms with van der Waals surface area (Å²) in [5.41, 5.74) is 0.989. The third-order valence-electron chi connectivity index (χ3n) is 2.60. The van der Waals surface area contributed by atoms with Gasteiger partial charge < -0.3 is 10.4 Å². The van der Waals surface area contributed by atoms with Crippen molar-refractivity contribution in [3.05, 3.63) is 35.9 Å². The van der Waals surface area contributed by atoms with Gasteiger partial charge in [-0.15, -0.1) is 0 Å². The van der Waals surface area contributed by atoms with Crippen molar-refractivity contribution in [1.82, 2.24) is 5.32 Å². The van der Waals surface area contributed by atoms with Crippen molar-refractivity contribution in [2.45, 2.75) is 12.5 Å². The van der Waals surface area contributed by atoms with Gasteiger partial charge in [0.25, 0.3) is 0 Å². The molecule has 1 unspecified atom stereocenters. The van der Waals surface area contributed by atoms with Gasteiger partial charge in [-0.2, -0.15) is 0 Å². The molecule has 1 saturated heterocycles. The molecule has 0 aliphatic carbocycles. The molecule has 0 saturated carbocycles. The van der Waals surface area contributed by atoms with Crippen LogP contribution in [0, 0.1) is 5.92 Å². The quantitative estimate of drug-likeness (QED) is 0.703. The second-order valence-electron chi connectivity index (χ2n) is 3.62. The third-order valence-corrected chi connectivity index (χ3v) is 2.60. The maximum atomic E-state index is 11.2. The Morgan fingerprint density at radius 3 is 2.53 bits per heavy atom. The van der Waals surface area contributed by atoms with Crippen LogP contribution >= 0.6 is 0 Å². The average molecular weight is 205 g/mol. The summed E-state index contributed by atoms with van der Waals surface area (Å²) in [4.78, 5) is 21.9. The second-order valence-corrected chi connectivity index (χ2v) is 3.62. The molecule has 1 aliphatic rings. The molecule has 1 aliphatic heterocycles. The lowest BCUT2D eigenvalue weighted by atomic mass is 9.85. The number of β-lactam (4-membered cyclic amide) rings is 1. The lowest BCUT2D eigenvalue weighted by Crippen LogP contribution is -2.62. The summed E-state index contributed by atoms with van der Waals surface area (Å²) in [6.45, 7) is 0. The molecular formula is C11H11NO3. The van der Waals surface area contributed by atoms with Crippen molar-refractivity contribution in [3.8, 4) is 0 Å². The molecule has 1 aromatic carbocycles. The van der Waals surface area contributed by atoms with Crippen molar-refractivity contribution in [2.75, 3.05) is 0 Å². The van der Waals surface area contributed by atoms with Crippen LogP contribution in [-0.2, 0) is 16.0 Å². The lowest BCUT2D eigenvalue weighted by Gasteiger charge is -2.33. The van der Waals surface area contributed by atoms with Gasteiger partial charge in [0.2, 0.25) is 5.91 Å². The Labute approximate surface area is 86.9 Å². The van der Waals surface area contributed by atoms with Crippen molar-refractivity contribution < 1.29 is 14.7 Å². The molecule has 1 fully saturated rings. The summed E-state index contributed by atoms with van der Waals surface area (Å²) in [7, 11) is 0. The fourth-order valence-electron chi connectivity index (χ4n) is 1.73. The number of carboxylic acids is 1. The van der Waals surface area contributed by atoms with Crippen LogP contribution in [0.15, 0.2) is 30.3 Å². The summed E-state index contributed by atoms with van der Waals surface area (Å²) in [5.74, 6) is -1.56. The predicted octanol–water partition coefficient (Wildman–Crippen LogP) is 0.428. The van der Waals surface area contributed by atoms with Crippen molar-refractivity contribution in [1.29, 1.82) is 0 Å². The van der Waals surface area contributed by atoms with E-state index in [-0.39, 0.29) is 5.91 Å². The van der Waals surface area contributed by atoms with E-state index in [1.165, 1.54) is 0 Å². The standard InChI is InChI=1S/C11H11NO3/c13-10-8(9(12-10)11(14)15)6-7-4-2-1-3-5-7/h1-5,8-9H,6H2,(H,12,13)(H,14,15)/t8?,9-/m1/s1. The number of hydrogen-bond acceptors (Lipinski definition) is 2. The number of rotatable bonds is 3. The number of carbonyl (C=O) groups is 2. The van der Waals surface area contributed by atoms with E-state index < -0.39 is 17.9 Å². The van der Waals surface area contributed by atoms with Crippen LogP contribution in [-0.4, -0.2) is 23.0 Å². The minimum absolute atomic E-state index is 0.175. The summed E-state index contributed by atoms with van der Waals surface area (Å²) < 4.78 is 0. The van der Waals surface area contributed by atoms with Gasteiger partial charge in [0, 0.05) is 0 Å². The Balaban J connectivity index is 2.06. The largest absolute Gasteiger partial charge is 0.480 e. The Morgan fingerprint density at radius 2 is 2.00 bits per heavy atom. The molecule has 2 N–H and O–H groups in total. The van der Waals surface area contributed by atoms with Crippen LogP contribution in [0.1, 0.15) is 5.56 Å². The molecule has 2 atom stereocenters. The van der Waals surface area contributed by atoms with Crippen LogP contribution in [0.25, 0.3) is 0 Å². The molecule has 1 heterocycles. The smallest absolute Gasteiger partial charge is 0.327 e. The maximum Gasteiger partial charge on any atom is 0.327 e. The van der Waals surface area contributed by atoms with Crippen LogP contribution < -0.4 is 5.32 Å². The molecule has 1 amide bonds. The SMILES string of the molecule is O=C1N[C@@H](C(=O)O)C1Cc1ccccc1. The Kier molecular flexibility index (Phi) is 2.41.